The van der Waals surface area contributed by atoms with Crippen molar-refractivity contribution in [2.75, 3.05) is 13.2 Å². The number of carbonyl (C=O) groups is 4. The maximum absolute atomic E-state index is 13.1. The molecule has 6 unspecified atom stereocenters. The molecule has 3 N–H and O–H groups in total. The Balaban J connectivity index is 2.68. The van der Waals surface area contributed by atoms with Gasteiger partial charge in [-0.1, -0.05) is 226 Å². The highest BCUT2D eigenvalue weighted by Gasteiger charge is 2.50. The van der Waals surface area contributed by atoms with Gasteiger partial charge in [0.05, 0.1) is 6.61 Å². The Hall–Kier alpha value is -4.62. The molecule has 1 saturated heterocycles. The summed E-state index contributed by atoms with van der Waals surface area (Å²) in [4.78, 5) is 51.2. The summed E-state index contributed by atoms with van der Waals surface area (Å²) >= 11 is 0. The minimum atomic E-state index is -1.92. The van der Waals surface area contributed by atoms with Crippen LogP contribution in [0.4, 0.5) is 0 Å². The van der Waals surface area contributed by atoms with Crippen molar-refractivity contribution in [2.24, 2.45) is 0 Å². The molecule has 1 heterocycles. The fourth-order valence-electron chi connectivity index (χ4n) is 8.68. The zero-order valence-corrected chi connectivity index (χ0v) is 49.3. The van der Waals surface area contributed by atoms with Crippen molar-refractivity contribution in [3.63, 3.8) is 0 Å². The van der Waals surface area contributed by atoms with Gasteiger partial charge >= 0.3 is 23.9 Å². The van der Waals surface area contributed by atoms with Gasteiger partial charge in [-0.05, 0) is 103 Å². The third-order valence-electron chi connectivity index (χ3n) is 13.3. The molecule has 0 bridgehead atoms. The van der Waals surface area contributed by atoms with Crippen LogP contribution in [0.2, 0.25) is 0 Å². The summed E-state index contributed by atoms with van der Waals surface area (Å²) in [5.41, 5.74) is 0. The normalized spacial score (nSPS) is 18.6. The Morgan fingerprint density at radius 3 is 1.23 bits per heavy atom. The largest absolute Gasteiger partial charge is 0.479 e. The number of aliphatic hydroxyl groups excluding tert-OH is 2. The number of carbonyl (C=O) groups excluding carboxylic acids is 3. The number of hydrogen-bond donors (Lipinski definition) is 3. The average molecular weight is 1110 g/mol. The number of ether oxygens (including phenoxy) is 5. The lowest BCUT2D eigenvalue weighted by atomic mass is 9.98. The minimum absolute atomic E-state index is 0.0367. The highest BCUT2D eigenvalue weighted by Crippen LogP contribution is 2.26. The predicted molar refractivity (Wildman–Crippen MR) is 321 cm³/mol. The first-order valence-corrected chi connectivity index (χ1v) is 30.9. The van der Waals surface area contributed by atoms with Gasteiger partial charge in [-0.2, -0.15) is 0 Å². The number of esters is 3. The number of hydrogen-bond acceptors (Lipinski definition) is 11. The van der Waals surface area contributed by atoms with Gasteiger partial charge in [-0.25, -0.2) is 4.79 Å². The lowest BCUT2D eigenvalue weighted by Crippen LogP contribution is -2.61. The molecular weight excluding hydrogens is 997 g/mol. The molecule has 0 aromatic heterocycles. The van der Waals surface area contributed by atoms with Crippen molar-refractivity contribution in [1.29, 1.82) is 0 Å². The van der Waals surface area contributed by atoms with E-state index < -0.39 is 67.3 Å². The molecule has 1 aliphatic rings. The van der Waals surface area contributed by atoms with Gasteiger partial charge in [-0.3, -0.25) is 14.4 Å². The molecule has 12 heteroatoms. The van der Waals surface area contributed by atoms with E-state index in [1.807, 2.05) is 0 Å². The van der Waals surface area contributed by atoms with Gasteiger partial charge in [0, 0.05) is 19.3 Å². The molecular formula is C67H108O12. The van der Waals surface area contributed by atoms with Crippen molar-refractivity contribution >= 4 is 23.9 Å². The van der Waals surface area contributed by atoms with Crippen molar-refractivity contribution in [3.05, 3.63) is 109 Å². The van der Waals surface area contributed by atoms with Crippen molar-refractivity contribution in [2.45, 2.75) is 276 Å². The number of aliphatic carboxylic acids is 1. The van der Waals surface area contributed by atoms with Gasteiger partial charge in [0.25, 0.3) is 0 Å². The topological polar surface area (TPSA) is 175 Å². The first kappa shape index (κ1) is 72.4. The van der Waals surface area contributed by atoms with Gasteiger partial charge in [-0.15, -0.1) is 0 Å². The van der Waals surface area contributed by atoms with Crippen LogP contribution in [0, 0.1) is 0 Å². The lowest BCUT2D eigenvalue weighted by molar-refractivity contribution is -0.301. The van der Waals surface area contributed by atoms with Crippen LogP contribution in [0.1, 0.15) is 239 Å². The number of carboxylic acids is 1. The summed E-state index contributed by atoms with van der Waals surface area (Å²) in [5.74, 6) is -3.19. The van der Waals surface area contributed by atoms with Crippen LogP contribution >= 0.6 is 0 Å². The number of unbranched alkanes of at least 4 members (excludes halogenated alkanes) is 19. The van der Waals surface area contributed by atoms with E-state index in [0.717, 1.165) is 135 Å². The summed E-state index contributed by atoms with van der Waals surface area (Å²) < 4.78 is 28.4. The summed E-state index contributed by atoms with van der Waals surface area (Å²) in [5, 5.41) is 31.5. The second-order valence-corrected chi connectivity index (χ2v) is 20.6. The van der Waals surface area contributed by atoms with Crippen molar-refractivity contribution < 1.29 is 58.2 Å². The highest BCUT2D eigenvalue weighted by atomic mass is 16.7. The first-order chi connectivity index (χ1) is 38.6. The maximum Gasteiger partial charge on any atom is 0.335 e. The van der Waals surface area contributed by atoms with E-state index in [1.165, 1.54) is 44.9 Å². The standard InChI is InChI=1S/C67H108O12/c1-4-7-10-13-16-19-22-24-26-28-30-32-34-36-39-41-44-47-50-53-59(68)75-56-58(77-60(69)54-51-48-45-42-38-21-18-15-12-9-6-3)57-76-67-65(63(72)62(71)64(79-67)66(73)74)78-61(70)55-52-49-46-43-40-37-35-33-31-29-27-25-23-20-17-14-11-8-5-2/h7-8,10-11,16-17,19-20,24-27,30-33,36,39,58,62-65,67,71-72H,4-6,9,12-15,18,21-23,28-29,34-35,37-38,40-57H2,1-3H3,(H,73,74)/b10-7-,11-8-,19-16-,20-17-,26-24-,27-25-,32-30-,33-31-,39-36-. The second kappa shape index (κ2) is 54.0. The van der Waals surface area contributed by atoms with Gasteiger partial charge in [0.1, 0.15) is 18.8 Å². The number of allylic oxidation sites excluding steroid dienone is 18. The quantitative estimate of drug-likeness (QED) is 0.0228. The monoisotopic (exact) mass is 1100 g/mol. The molecule has 1 fully saturated rings. The third-order valence-corrected chi connectivity index (χ3v) is 13.3. The molecule has 0 amide bonds. The van der Waals surface area contributed by atoms with Gasteiger partial charge in [0.15, 0.2) is 24.6 Å². The fraction of sp³-hybridized carbons (Fsp3) is 0.672. The molecule has 448 valence electrons. The van der Waals surface area contributed by atoms with Gasteiger partial charge < -0.3 is 39.0 Å². The van der Waals surface area contributed by atoms with E-state index in [1.54, 1.807) is 0 Å². The molecule has 12 nitrogen and oxygen atoms in total. The summed E-state index contributed by atoms with van der Waals surface area (Å²) in [6.07, 6.45) is 60.5. The van der Waals surface area contributed by atoms with Crippen molar-refractivity contribution in [3.8, 4) is 0 Å². The van der Waals surface area contributed by atoms with Crippen molar-refractivity contribution in [1.82, 2.24) is 0 Å². The molecule has 1 aliphatic heterocycles. The van der Waals surface area contributed by atoms with E-state index in [9.17, 15) is 34.5 Å². The van der Waals surface area contributed by atoms with Crippen LogP contribution < -0.4 is 0 Å². The van der Waals surface area contributed by atoms with E-state index >= 15 is 0 Å². The molecule has 0 aromatic rings. The van der Waals surface area contributed by atoms with E-state index in [-0.39, 0.29) is 25.9 Å². The first-order valence-electron chi connectivity index (χ1n) is 30.9. The molecule has 79 heavy (non-hydrogen) atoms. The van der Waals surface area contributed by atoms with Crippen LogP contribution in [-0.2, 0) is 42.9 Å². The Morgan fingerprint density at radius 1 is 0.430 bits per heavy atom. The summed E-state index contributed by atoms with van der Waals surface area (Å²) in [7, 11) is 0. The summed E-state index contributed by atoms with van der Waals surface area (Å²) in [6.45, 7) is 5.73. The van der Waals surface area contributed by atoms with Crippen LogP contribution in [0.5, 0.6) is 0 Å². The zero-order chi connectivity index (χ0) is 57.5. The number of carboxylic acid groups (broad SMARTS) is 1. The molecule has 0 aliphatic carbocycles. The van der Waals surface area contributed by atoms with E-state index in [2.05, 4.69) is 130 Å². The summed E-state index contributed by atoms with van der Waals surface area (Å²) in [6, 6.07) is 0. The second-order valence-electron chi connectivity index (χ2n) is 20.6. The Bertz CT molecular complexity index is 1790. The molecule has 0 aromatic carbocycles. The average Bonchev–Trinajstić information content (AvgIpc) is 3.48. The molecule has 6 atom stereocenters. The highest BCUT2D eigenvalue weighted by molar-refractivity contribution is 5.74. The zero-order valence-electron chi connectivity index (χ0n) is 49.3. The molecule has 0 spiro atoms. The molecule has 0 radical (unpaired) electrons. The van der Waals surface area contributed by atoms with Crippen LogP contribution in [0.25, 0.3) is 0 Å². The van der Waals surface area contributed by atoms with Crippen LogP contribution in [0.3, 0.4) is 0 Å². The fourth-order valence-corrected chi connectivity index (χ4v) is 8.68. The van der Waals surface area contributed by atoms with Crippen LogP contribution in [0.15, 0.2) is 109 Å². The Kier molecular flexibility index (Phi) is 49.5. The Labute approximate surface area is 478 Å². The third kappa shape index (κ3) is 43.8. The van der Waals surface area contributed by atoms with Gasteiger partial charge in [0.2, 0.25) is 0 Å². The van der Waals surface area contributed by atoms with E-state index in [4.69, 9.17) is 23.7 Å². The predicted octanol–water partition coefficient (Wildman–Crippen LogP) is 16.2. The maximum atomic E-state index is 13.1. The number of aliphatic hydroxyl groups is 2. The smallest absolute Gasteiger partial charge is 0.335 e. The van der Waals surface area contributed by atoms with E-state index in [0.29, 0.717) is 19.3 Å². The number of rotatable bonds is 51. The SMILES string of the molecule is CC/C=C\C/C=C\C/C=C\C/C=C\C/C=C\CCCCCC(=O)OCC(COC1OC(C(=O)O)C(O)C(O)C1OC(=O)CCCCCCCC/C=C\C/C=C\C/C=C\C/C=C\CC)OC(=O)CCCCCCCCCCCCC. The molecule has 0 saturated carbocycles. The lowest BCUT2D eigenvalue weighted by Gasteiger charge is -2.40. The van der Waals surface area contributed by atoms with Crippen LogP contribution in [-0.4, -0.2) is 89.2 Å². The minimum Gasteiger partial charge on any atom is -0.479 e. The molecule has 1 rings (SSSR count). The Morgan fingerprint density at radius 2 is 0.797 bits per heavy atom.